The molecule has 0 aliphatic heterocycles. The second-order valence-corrected chi connectivity index (χ2v) is 4.08. The lowest BCUT2D eigenvalue weighted by Gasteiger charge is -2.04. The molecule has 0 saturated heterocycles. The summed E-state index contributed by atoms with van der Waals surface area (Å²) in [6, 6.07) is 9.23. The fraction of sp³-hybridized carbons (Fsp3) is 0.143. The summed E-state index contributed by atoms with van der Waals surface area (Å²) in [7, 11) is 0. The maximum atomic E-state index is 12.7. The largest absolute Gasteiger partial charge is 0.350 e. The maximum Gasteiger partial charge on any atom is 0.267 e. The topological polar surface area (TPSA) is 62.0 Å². The van der Waals surface area contributed by atoms with Crippen molar-refractivity contribution in [1.29, 1.82) is 0 Å². The molecule has 0 unspecified atom stereocenters. The van der Waals surface area contributed by atoms with Crippen molar-refractivity contribution < 1.29 is 14.0 Å². The van der Waals surface area contributed by atoms with E-state index in [0.29, 0.717) is 30.6 Å². The highest BCUT2D eigenvalue weighted by Crippen LogP contribution is 2.03. The van der Waals surface area contributed by atoms with Gasteiger partial charge in [0.05, 0.1) is 5.69 Å². The van der Waals surface area contributed by atoms with Gasteiger partial charge in [-0.15, -0.1) is 0 Å². The molecule has 4 nitrogen and oxygen atoms in total. The molecule has 0 spiro atoms. The Labute approximate surface area is 109 Å². The van der Waals surface area contributed by atoms with Crippen molar-refractivity contribution in [1.82, 2.24) is 10.3 Å². The van der Waals surface area contributed by atoms with Gasteiger partial charge in [0.15, 0.2) is 6.29 Å². The van der Waals surface area contributed by atoms with Gasteiger partial charge in [-0.2, -0.15) is 0 Å². The van der Waals surface area contributed by atoms with Crippen LogP contribution >= 0.6 is 0 Å². The first-order chi connectivity index (χ1) is 9.19. The van der Waals surface area contributed by atoms with Crippen LogP contribution in [0, 0.1) is 5.82 Å². The predicted molar refractivity (Wildman–Crippen MR) is 68.6 cm³/mol. The van der Waals surface area contributed by atoms with Crippen molar-refractivity contribution in [2.75, 3.05) is 6.54 Å². The van der Waals surface area contributed by atoms with E-state index in [1.807, 2.05) is 0 Å². The first kappa shape index (κ1) is 13.0. The Balaban J connectivity index is 1.83. The molecule has 19 heavy (non-hydrogen) atoms. The second-order valence-electron chi connectivity index (χ2n) is 4.08. The number of H-pyrrole nitrogens is 1. The summed E-state index contributed by atoms with van der Waals surface area (Å²) >= 11 is 0. The van der Waals surface area contributed by atoms with Gasteiger partial charge in [0.2, 0.25) is 0 Å². The molecule has 0 aliphatic carbocycles. The Morgan fingerprint density at radius 3 is 2.58 bits per heavy atom. The number of nitrogens with one attached hydrogen (secondary N) is 2. The van der Waals surface area contributed by atoms with Crippen LogP contribution in [0.25, 0.3) is 0 Å². The SMILES string of the molecule is O=Cc1ccc(C(=O)NCCc2ccc(F)cc2)[nH]1. The molecule has 0 bridgehead atoms. The van der Waals surface area contributed by atoms with Crippen molar-refractivity contribution in [2.45, 2.75) is 6.42 Å². The van der Waals surface area contributed by atoms with Crippen LogP contribution in [0.1, 0.15) is 26.5 Å². The molecule has 1 aromatic heterocycles. The Hall–Kier alpha value is -2.43. The molecule has 2 rings (SSSR count). The number of carbonyl (C=O) groups excluding carboxylic acids is 2. The van der Waals surface area contributed by atoms with Crippen molar-refractivity contribution in [2.24, 2.45) is 0 Å². The summed E-state index contributed by atoms with van der Waals surface area (Å²) in [6.07, 6.45) is 1.27. The average Bonchev–Trinajstić information content (AvgIpc) is 2.90. The normalized spacial score (nSPS) is 10.2. The summed E-state index contributed by atoms with van der Waals surface area (Å²) in [5, 5.41) is 2.72. The minimum atomic E-state index is -0.277. The Kier molecular flexibility index (Phi) is 4.07. The smallest absolute Gasteiger partial charge is 0.267 e. The summed E-state index contributed by atoms with van der Waals surface area (Å²) in [5.41, 5.74) is 1.66. The Morgan fingerprint density at radius 2 is 1.95 bits per heavy atom. The second kappa shape index (κ2) is 5.95. The highest BCUT2D eigenvalue weighted by molar-refractivity contribution is 5.93. The van der Waals surface area contributed by atoms with Gasteiger partial charge in [0, 0.05) is 6.54 Å². The third kappa shape index (κ3) is 3.51. The lowest BCUT2D eigenvalue weighted by Crippen LogP contribution is -2.26. The summed E-state index contributed by atoms with van der Waals surface area (Å²) in [6.45, 7) is 0.444. The molecule has 0 radical (unpaired) electrons. The lowest BCUT2D eigenvalue weighted by molar-refractivity contribution is 0.0949. The predicted octanol–water partition coefficient (Wildman–Crippen LogP) is 1.94. The van der Waals surface area contributed by atoms with Gasteiger partial charge in [-0.1, -0.05) is 12.1 Å². The van der Waals surface area contributed by atoms with Crippen LogP contribution in [0.4, 0.5) is 4.39 Å². The molecule has 0 aliphatic rings. The van der Waals surface area contributed by atoms with Crippen LogP contribution in [0.15, 0.2) is 36.4 Å². The van der Waals surface area contributed by atoms with E-state index >= 15 is 0 Å². The molecule has 2 N–H and O–H groups in total. The van der Waals surface area contributed by atoms with E-state index in [2.05, 4.69) is 10.3 Å². The molecule has 1 aromatic carbocycles. The zero-order chi connectivity index (χ0) is 13.7. The molecule has 0 atom stereocenters. The van der Waals surface area contributed by atoms with Gasteiger partial charge in [0.1, 0.15) is 11.5 Å². The van der Waals surface area contributed by atoms with Gasteiger partial charge in [0.25, 0.3) is 5.91 Å². The van der Waals surface area contributed by atoms with E-state index < -0.39 is 0 Å². The number of aromatic nitrogens is 1. The number of benzene rings is 1. The molecule has 0 fully saturated rings. The van der Waals surface area contributed by atoms with Gasteiger partial charge >= 0.3 is 0 Å². The van der Waals surface area contributed by atoms with Crippen molar-refractivity contribution >= 4 is 12.2 Å². The van der Waals surface area contributed by atoms with Gasteiger partial charge in [-0.25, -0.2) is 4.39 Å². The molecular formula is C14H13FN2O2. The van der Waals surface area contributed by atoms with Crippen LogP contribution in [0.2, 0.25) is 0 Å². The van der Waals surface area contributed by atoms with E-state index in [1.54, 1.807) is 24.3 Å². The van der Waals surface area contributed by atoms with Crippen LogP contribution in [0.3, 0.4) is 0 Å². The summed E-state index contributed by atoms with van der Waals surface area (Å²) in [4.78, 5) is 24.9. The zero-order valence-corrected chi connectivity index (χ0v) is 10.2. The third-order valence-corrected chi connectivity index (χ3v) is 2.69. The number of amides is 1. The van der Waals surface area contributed by atoms with E-state index in [1.165, 1.54) is 12.1 Å². The van der Waals surface area contributed by atoms with Crippen LogP contribution < -0.4 is 5.32 Å². The quantitative estimate of drug-likeness (QED) is 0.807. The standard InChI is InChI=1S/C14H13FN2O2/c15-11-3-1-10(2-4-11)7-8-16-14(19)13-6-5-12(9-18)17-13/h1-6,9,17H,7-8H2,(H,16,19). The van der Waals surface area contributed by atoms with Gasteiger partial charge < -0.3 is 10.3 Å². The fourth-order valence-corrected chi connectivity index (χ4v) is 1.68. The van der Waals surface area contributed by atoms with E-state index in [-0.39, 0.29) is 11.7 Å². The fourth-order valence-electron chi connectivity index (χ4n) is 1.68. The lowest BCUT2D eigenvalue weighted by atomic mass is 10.1. The molecule has 0 saturated carbocycles. The highest BCUT2D eigenvalue weighted by Gasteiger charge is 2.07. The molecule has 2 aromatic rings. The van der Waals surface area contributed by atoms with Crippen LogP contribution in [0.5, 0.6) is 0 Å². The number of aldehydes is 1. The van der Waals surface area contributed by atoms with Crippen LogP contribution in [-0.2, 0) is 6.42 Å². The van der Waals surface area contributed by atoms with Gasteiger partial charge in [-0.05, 0) is 36.2 Å². The van der Waals surface area contributed by atoms with Crippen LogP contribution in [-0.4, -0.2) is 23.7 Å². The number of aromatic amines is 1. The molecule has 98 valence electrons. The van der Waals surface area contributed by atoms with Crippen molar-refractivity contribution in [3.63, 3.8) is 0 Å². The first-order valence-electron chi connectivity index (χ1n) is 5.86. The monoisotopic (exact) mass is 260 g/mol. The van der Waals surface area contributed by atoms with Gasteiger partial charge in [-0.3, -0.25) is 9.59 Å². The number of hydrogen-bond donors (Lipinski definition) is 2. The number of carbonyl (C=O) groups is 2. The first-order valence-corrected chi connectivity index (χ1v) is 5.86. The minimum Gasteiger partial charge on any atom is -0.350 e. The summed E-state index contributed by atoms with van der Waals surface area (Å²) < 4.78 is 12.7. The van der Waals surface area contributed by atoms with E-state index in [9.17, 15) is 14.0 Å². The molecule has 5 heteroatoms. The van der Waals surface area contributed by atoms with E-state index in [4.69, 9.17) is 0 Å². The molecular weight excluding hydrogens is 247 g/mol. The minimum absolute atomic E-state index is 0.268. The third-order valence-electron chi connectivity index (χ3n) is 2.69. The Morgan fingerprint density at radius 1 is 1.21 bits per heavy atom. The Bertz CT molecular complexity index is 575. The zero-order valence-electron chi connectivity index (χ0n) is 10.2. The number of halogens is 1. The average molecular weight is 260 g/mol. The highest BCUT2D eigenvalue weighted by atomic mass is 19.1. The number of rotatable bonds is 5. The molecule has 1 amide bonds. The number of hydrogen-bond acceptors (Lipinski definition) is 2. The van der Waals surface area contributed by atoms with Crippen molar-refractivity contribution in [3.8, 4) is 0 Å². The summed E-state index contributed by atoms with van der Waals surface area (Å²) in [5.74, 6) is -0.546. The molecule has 1 heterocycles. The van der Waals surface area contributed by atoms with E-state index in [0.717, 1.165) is 5.56 Å². The maximum absolute atomic E-state index is 12.7. The van der Waals surface area contributed by atoms with Crippen molar-refractivity contribution in [3.05, 3.63) is 59.2 Å².